The van der Waals surface area contributed by atoms with Crippen LogP contribution in [-0.4, -0.2) is 62.7 Å². The van der Waals surface area contributed by atoms with Gasteiger partial charge in [-0.3, -0.25) is 4.79 Å². The average molecular weight is 643 g/mol. The molecule has 3 aromatic rings. The number of hydrogen-bond acceptors (Lipinski definition) is 8. The molecule has 0 bridgehead atoms. The number of halogens is 2. The Hall–Kier alpha value is -3.83. The molecule has 13 heteroatoms. The van der Waals surface area contributed by atoms with Crippen molar-refractivity contribution in [1.29, 1.82) is 0 Å². The first-order valence-electron chi connectivity index (χ1n) is 13.8. The van der Waals surface area contributed by atoms with Gasteiger partial charge in [0.2, 0.25) is 5.90 Å². The van der Waals surface area contributed by atoms with Gasteiger partial charge in [0.25, 0.3) is 5.91 Å². The lowest BCUT2D eigenvalue weighted by Crippen LogP contribution is -2.51. The Morgan fingerprint density at radius 1 is 1.14 bits per heavy atom. The second-order valence-corrected chi connectivity index (χ2v) is 10.7. The topological polar surface area (TPSA) is 147 Å². The van der Waals surface area contributed by atoms with E-state index in [2.05, 4.69) is 15.3 Å². The quantitative estimate of drug-likeness (QED) is 0.0704. The van der Waals surface area contributed by atoms with Crippen molar-refractivity contribution in [2.75, 3.05) is 34.0 Å². The van der Waals surface area contributed by atoms with Crippen molar-refractivity contribution in [2.45, 2.75) is 37.3 Å². The van der Waals surface area contributed by atoms with Gasteiger partial charge in [0, 0.05) is 59.8 Å². The van der Waals surface area contributed by atoms with Crippen LogP contribution in [0.25, 0.3) is 10.4 Å². The van der Waals surface area contributed by atoms with Crippen LogP contribution < -0.4 is 10.1 Å². The number of amides is 1. The molecule has 0 saturated carbocycles. The SMILES string of the molecule is COC(CNC(=O)[C@]1(Cc2ccccc2CN=[N+]=[N-])N=C(c2ccc(OCCCO)cc2)O[C@@H]1c1ccc(Cl)cc1Cl)OC. The fourth-order valence-corrected chi connectivity index (χ4v) is 5.36. The van der Waals surface area contributed by atoms with Crippen LogP contribution >= 0.6 is 23.2 Å². The zero-order chi connectivity index (χ0) is 31.5. The Kier molecular flexibility index (Phi) is 11.8. The lowest BCUT2D eigenvalue weighted by atomic mass is 9.80. The molecule has 1 amide bonds. The van der Waals surface area contributed by atoms with Crippen LogP contribution in [0, 0.1) is 0 Å². The molecular formula is C31H33Cl2N5O6. The van der Waals surface area contributed by atoms with Crippen LogP contribution in [-0.2, 0) is 32.0 Å². The number of ether oxygens (including phenoxy) is 4. The molecule has 0 aliphatic carbocycles. The zero-order valence-corrected chi connectivity index (χ0v) is 25.8. The predicted octanol–water partition coefficient (Wildman–Crippen LogP) is 5.80. The van der Waals surface area contributed by atoms with Gasteiger partial charge in [-0.1, -0.05) is 58.6 Å². The Morgan fingerprint density at radius 3 is 2.52 bits per heavy atom. The Labute approximate surface area is 265 Å². The molecule has 2 atom stereocenters. The molecule has 3 aromatic carbocycles. The molecule has 0 fully saturated rings. The van der Waals surface area contributed by atoms with Gasteiger partial charge < -0.3 is 29.4 Å². The minimum Gasteiger partial charge on any atom is -0.494 e. The largest absolute Gasteiger partial charge is 0.494 e. The van der Waals surface area contributed by atoms with Gasteiger partial charge in [-0.05, 0) is 53.1 Å². The van der Waals surface area contributed by atoms with E-state index in [1.807, 2.05) is 24.3 Å². The van der Waals surface area contributed by atoms with Crippen LogP contribution in [0.1, 0.15) is 34.8 Å². The summed E-state index contributed by atoms with van der Waals surface area (Å²) < 4.78 is 22.8. The first kappa shape index (κ1) is 33.1. The number of aliphatic hydroxyl groups is 1. The summed E-state index contributed by atoms with van der Waals surface area (Å²) in [6.07, 6.45) is -1.09. The smallest absolute Gasteiger partial charge is 0.252 e. The monoisotopic (exact) mass is 641 g/mol. The minimum absolute atomic E-state index is 0.0308. The number of hydrogen-bond donors (Lipinski definition) is 2. The summed E-state index contributed by atoms with van der Waals surface area (Å²) in [7, 11) is 2.95. The zero-order valence-electron chi connectivity index (χ0n) is 24.3. The van der Waals surface area contributed by atoms with Gasteiger partial charge in [0.15, 0.2) is 17.9 Å². The van der Waals surface area contributed by atoms with Crippen molar-refractivity contribution in [3.8, 4) is 5.75 Å². The van der Waals surface area contributed by atoms with Crippen LogP contribution in [0.3, 0.4) is 0 Å². The third-order valence-corrected chi connectivity index (χ3v) is 7.68. The minimum atomic E-state index is -1.57. The number of azide groups is 1. The molecule has 11 nitrogen and oxygen atoms in total. The number of carbonyl (C=O) groups excluding carboxylic acids is 1. The summed E-state index contributed by atoms with van der Waals surface area (Å²) in [5.74, 6) is 0.380. The summed E-state index contributed by atoms with van der Waals surface area (Å²) in [4.78, 5) is 22.3. The fraction of sp³-hybridized carbons (Fsp3) is 0.355. The number of aliphatic imine (C=N–C) groups is 1. The van der Waals surface area contributed by atoms with Crippen molar-refractivity contribution in [3.63, 3.8) is 0 Å². The van der Waals surface area contributed by atoms with Gasteiger partial charge in [0.1, 0.15) is 5.75 Å². The second-order valence-electron chi connectivity index (χ2n) is 9.90. The number of carbonyl (C=O) groups is 1. The van der Waals surface area contributed by atoms with Gasteiger partial charge in [-0.25, -0.2) is 4.99 Å². The molecule has 1 aliphatic heterocycles. The van der Waals surface area contributed by atoms with Crippen molar-refractivity contribution >= 4 is 35.0 Å². The second kappa shape index (κ2) is 15.8. The summed E-state index contributed by atoms with van der Waals surface area (Å²) in [5, 5.41) is 16.4. The van der Waals surface area contributed by atoms with Gasteiger partial charge in [-0.2, -0.15) is 0 Å². The standard InChI is InChI=1S/C31H33Cl2N5O6/c1-41-27(42-2)19-35-30(40)31(17-21-6-3-4-7-22(21)18-36-38-34)28(25-13-10-23(32)16-26(25)33)44-29(37-31)20-8-11-24(12-9-20)43-15-5-14-39/h3-4,6-13,16,27-28,39H,5,14-15,17-19H2,1-2H3,(H,35,40)/t28-,31-/m1/s1. The Bertz CT molecular complexity index is 1510. The van der Waals surface area contributed by atoms with Gasteiger partial charge >= 0.3 is 0 Å². The third kappa shape index (κ3) is 7.81. The maximum atomic E-state index is 14.4. The number of nitrogens with one attached hydrogen (secondary N) is 1. The lowest BCUT2D eigenvalue weighted by molar-refractivity contribution is -0.134. The van der Waals surface area contributed by atoms with Crippen molar-refractivity contribution < 1.29 is 28.8 Å². The van der Waals surface area contributed by atoms with E-state index in [4.69, 9.17) is 57.8 Å². The third-order valence-electron chi connectivity index (χ3n) is 7.11. The maximum absolute atomic E-state index is 14.4. The van der Waals surface area contributed by atoms with Gasteiger partial charge in [-0.15, -0.1) is 0 Å². The lowest BCUT2D eigenvalue weighted by Gasteiger charge is -2.32. The molecule has 4 rings (SSSR count). The average Bonchev–Trinajstić information content (AvgIpc) is 3.41. The molecular weight excluding hydrogens is 609 g/mol. The molecule has 0 spiro atoms. The van der Waals surface area contributed by atoms with E-state index in [0.717, 1.165) is 11.1 Å². The van der Waals surface area contributed by atoms with E-state index in [1.165, 1.54) is 14.2 Å². The van der Waals surface area contributed by atoms with Crippen LogP contribution in [0.2, 0.25) is 10.0 Å². The Morgan fingerprint density at radius 2 is 1.86 bits per heavy atom. The summed E-state index contributed by atoms with van der Waals surface area (Å²) in [5.41, 5.74) is 10.0. The number of benzene rings is 3. The van der Waals surface area contributed by atoms with E-state index < -0.39 is 23.8 Å². The molecule has 44 heavy (non-hydrogen) atoms. The highest BCUT2D eigenvalue weighted by Crippen LogP contribution is 2.45. The number of aliphatic hydroxyl groups excluding tert-OH is 1. The van der Waals surface area contributed by atoms with E-state index in [0.29, 0.717) is 39.9 Å². The van der Waals surface area contributed by atoms with E-state index in [-0.39, 0.29) is 32.0 Å². The molecule has 1 heterocycles. The van der Waals surface area contributed by atoms with Crippen LogP contribution in [0.4, 0.5) is 0 Å². The number of rotatable bonds is 15. The molecule has 232 valence electrons. The highest BCUT2D eigenvalue weighted by Gasteiger charge is 2.54. The molecule has 0 radical (unpaired) electrons. The number of nitrogens with zero attached hydrogens (tertiary/aromatic N) is 4. The Balaban J connectivity index is 1.84. The van der Waals surface area contributed by atoms with Crippen molar-refractivity contribution in [3.05, 3.63) is 109 Å². The summed E-state index contributed by atoms with van der Waals surface area (Å²) in [6.45, 7) is 0.525. The van der Waals surface area contributed by atoms with Gasteiger partial charge in [0.05, 0.1) is 19.7 Å². The molecule has 0 saturated heterocycles. The first-order valence-corrected chi connectivity index (χ1v) is 14.6. The molecule has 0 aromatic heterocycles. The fourth-order valence-electron chi connectivity index (χ4n) is 4.85. The summed E-state index contributed by atoms with van der Waals surface area (Å²) in [6, 6.07) is 19.4. The molecule has 2 N–H and O–H groups in total. The first-order chi connectivity index (χ1) is 21.3. The van der Waals surface area contributed by atoms with Crippen molar-refractivity contribution in [1.82, 2.24) is 5.32 Å². The van der Waals surface area contributed by atoms with E-state index in [1.54, 1.807) is 42.5 Å². The van der Waals surface area contributed by atoms with E-state index >= 15 is 0 Å². The molecule has 1 aliphatic rings. The molecule has 0 unspecified atom stereocenters. The maximum Gasteiger partial charge on any atom is 0.252 e. The predicted molar refractivity (Wildman–Crippen MR) is 167 cm³/mol. The van der Waals surface area contributed by atoms with E-state index in [9.17, 15) is 4.79 Å². The highest BCUT2D eigenvalue weighted by molar-refractivity contribution is 6.35. The normalized spacial score (nSPS) is 17.5. The van der Waals surface area contributed by atoms with Crippen molar-refractivity contribution in [2.24, 2.45) is 10.1 Å². The number of methoxy groups -OCH3 is 2. The highest BCUT2D eigenvalue weighted by atomic mass is 35.5. The van der Waals surface area contributed by atoms with Crippen LogP contribution in [0.5, 0.6) is 5.75 Å². The van der Waals surface area contributed by atoms with Crippen LogP contribution in [0.15, 0.2) is 76.8 Å². The summed E-state index contributed by atoms with van der Waals surface area (Å²) >= 11 is 12.9.